The Bertz CT molecular complexity index is 1410. The second-order valence-electron chi connectivity index (χ2n) is 11.0. The number of guanidine groups is 1. The number of fused-ring (bicyclic) bond motifs is 5. The molecule has 41 heavy (non-hydrogen) atoms. The molecule has 4 atom stereocenters. The van der Waals surface area contributed by atoms with Gasteiger partial charge in [-0.05, 0) is 55.7 Å². The summed E-state index contributed by atoms with van der Waals surface area (Å²) in [4.78, 5) is 16.9. The molecule has 2 aromatic rings. The zero-order chi connectivity index (χ0) is 29.1. The predicted octanol–water partition coefficient (Wildman–Crippen LogP) is 1.84. The van der Waals surface area contributed by atoms with Crippen LogP contribution in [0.5, 0.6) is 23.0 Å². The molecule has 0 radical (unpaired) electrons. The molecule has 10 heteroatoms. The molecule has 7 N–H and O–H groups in total. The fraction of sp³-hybridized carbons (Fsp3) is 0.484. The topological polar surface area (TPSA) is 167 Å². The number of phenols is 2. The maximum absolute atomic E-state index is 12.7. The number of nitrogens with one attached hydrogen (secondary N) is 1. The summed E-state index contributed by atoms with van der Waals surface area (Å²) in [6, 6.07) is 5.15. The summed E-state index contributed by atoms with van der Waals surface area (Å²) in [6.45, 7) is 0.618. The van der Waals surface area contributed by atoms with Crippen LogP contribution in [0.15, 0.2) is 23.2 Å². The number of aliphatic imine (C=N–C) groups is 1. The van der Waals surface area contributed by atoms with Gasteiger partial charge in [-0.1, -0.05) is 24.0 Å². The van der Waals surface area contributed by atoms with Gasteiger partial charge in [-0.15, -0.1) is 0 Å². The summed E-state index contributed by atoms with van der Waals surface area (Å²) in [5.74, 6) is 6.55. The molecule has 0 spiro atoms. The van der Waals surface area contributed by atoms with Gasteiger partial charge in [0.25, 0.3) is 0 Å². The Morgan fingerprint density at radius 2 is 1.95 bits per heavy atom. The van der Waals surface area contributed by atoms with Crippen molar-refractivity contribution in [1.29, 1.82) is 0 Å². The highest BCUT2D eigenvalue weighted by Crippen LogP contribution is 2.44. The maximum atomic E-state index is 12.7. The number of hydrogen-bond donors (Lipinski definition) is 6. The highest BCUT2D eigenvalue weighted by molar-refractivity contribution is 5.79. The van der Waals surface area contributed by atoms with Crippen LogP contribution in [0.1, 0.15) is 59.9 Å². The second-order valence-corrected chi connectivity index (χ2v) is 11.0. The lowest BCUT2D eigenvalue weighted by Crippen LogP contribution is -2.46. The standard InChI is InChI=1S/C31H37N3O7/c1-40-28-24-4-2-3-19-13-18(6-9-23(36)16-22(35)8-5-17(24)7-10-26(28)37)25-15-20(30(39)41-29(25)27(19)38)14-21-11-12-33-31(32)34-21/h7,10,13,20-21,23,30,36-39H,3,5-6,8-9,11-12,14-16H2,1H3,(H3,32,33,34)/t20-,21-,23-,30+/m1/s1. The molecule has 0 saturated heterocycles. The summed E-state index contributed by atoms with van der Waals surface area (Å²) in [7, 11) is 1.44. The molecule has 0 unspecified atom stereocenters. The van der Waals surface area contributed by atoms with Gasteiger partial charge in [-0.2, -0.15) is 0 Å². The van der Waals surface area contributed by atoms with E-state index < -0.39 is 12.4 Å². The lowest BCUT2D eigenvalue weighted by molar-refractivity contribution is -0.121. The summed E-state index contributed by atoms with van der Waals surface area (Å²) < 4.78 is 11.3. The highest BCUT2D eigenvalue weighted by atomic mass is 16.6. The average Bonchev–Trinajstić information content (AvgIpc) is 2.94. The van der Waals surface area contributed by atoms with E-state index in [0.29, 0.717) is 55.7 Å². The van der Waals surface area contributed by atoms with Crippen LogP contribution < -0.4 is 20.5 Å². The number of nitrogens with two attached hydrogens (primary N) is 1. The molecule has 0 fully saturated rings. The summed E-state index contributed by atoms with van der Waals surface area (Å²) in [6.07, 6.45) is 1.54. The minimum atomic E-state index is -1.12. The first-order chi connectivity index (χ1) is 19.7. The molecule has 2 bridgehead atoms. The zero-order valence-electron chi connectivity index (χ0n) is 23.2. The van der Waals surface area contributed by atoms with Gasteiger partial charge in [0.1, 0.15) is 5.78 Å². The number of aliphatic hydroxyl groups is 2. The number of nitrogens with zero attached hydrogens (tertiary/aromatic N) is 1. The van der Waals surface area contributed by atoms with Crippen molar-refractivity contribution in [2.24, 2.45) is 16.6 Å². The fourth-order valence-corrected chi connectivity index (χ4v) is 5.95. The third-order valence-electron chi connectivity index (χ3n) is 8.14. The van der Waals surface area contributed by atoms with Gasteiger partial charge in [-0.3, -0.25) is 9.79 Å². The van der Waals surface area contributed by atoms with Crippen LogP contribution in [-0.4, -0.2) is 64.3 Å². The average molecular weight is 564 g/mol. The van der Waals surface area contributed by atoms with Crippen molar-refractivity contribution in [3.63, 3.8) is 0 Å². The van der Waals surface area contributed by atoms with Gasteiger partial charge in [0.2, 0.25) is 6.29 Å². The van der Waals surface area contributed by atoms with Gasteiger partial charge >= 0.3 is 0 Å². The Morgan fingerprint density at radius 3 is 2.73 bits per heavy atom. The molecular weight excluding hydrogens is 526 g/mol. The van der Waals surface area contributed by atoms with Crippen LogP contribution >= 0.6 is 0 Å². The minimum absolute atomic E-state index is 0.0253. The van der Waals surface area contributed by atoms with Crippen molar-refractivity contribution < 1.29 is 34.7 Å². The molecule has 218 valence electrons. The third-order valence-corrected chi connectivity index (χ3v) is 8.14. The summed E-state index contributed by atoms with van der Waals surface area (Å²) in [5.41, 5.74) is 9.26. The molecule has 5 rings (SSSR count). The number of benzene rings is 2. The number of ketones is 1. The number of aliphatic hydroxyl groups excluding tert-OH is 2. The molecule has 2 aromatic carbocycles. The number of carbonyl (C=O) groups is 1. The predicted molar refractivity (Wildman–Crippen MR) is 152 cm³/mol. The van der Waals surface area contributed by atoms with Crippen LogP contribution in [0.4, 0.5) is 0 Å². The molecule has 1 aliphatic carbocycles. The largest absolute Gasteiger partial charge is 0.504 e. The molecule has 10 nitrogen and oxygen atoms in total. The number of phenolic OH excluding ortho intramolecular Hbond substituents is 2. The van der Waals surface area contributed by atoms with Crippen LogP contribution in [0.3, 0.4) is 0 Å². The summed E-state index contributed by atoms with van der Waals surface area (Å²) in [5, 5.41) is 46.4. The SMILES string of the molecule is COc1c(O)ccc2c1C#CCc1cc(c3c(c1O)O[C@H](O)[C@H](C[C@H]1CCN=C(N)N1)C3)CC[C@@H](O)CC(=O)CC2. The van der Waals surface area contributed by atoms with E-state index in [9.17, 15) is 25.2 Å². The molecule has 2 heterocycles. The molecular formula is C31H37N3O7. The maximum Gasteiger partial charge on any atom is 0.200 e. The van der Waals surface area contributed by atoms with E-state index >= 15 is 0 Å². The van der Waals surface area contributed by atoms with E-state index in [4.69, 9.17) is 15.2 Å². The Morgan fingerprint density at radius 1 is 1.12 bits per heavy atom. The van der Waals surface area contributed by atoms with Crippen LogP contribution in [0.25, 0.3) is 0 Å². The zero-order valence-corrected chi connectivity index (χ0v) is 23.2. The lowest BCUT2D eigenvalue weighted by atomic mass is 9.84. The van der Waals surface area contributed by atoms with E-state index in [1.54, 1.807) is 6.07 Å². The Labute approximate surface area is 239 Å². The van der Waals surface area contributed by atoms with E-state index in [2.05, 4.69) is 22.2 Å². The molecule has 0 amide bonds. The number of rotatable bonds is 3. The van der Waals surface area contributed by atoms with Crippen molar-refractivity contribution in [3.05, 3.63) is 46.0 Å². The van der Waals surface area contributed by atoms with Gasteiger partial charge < -0.3 is 41.0 Å². The van der Waals surface area contributed by atoms with Gasteiger partial charge in [0, 0.05) is 48.9 Å². The number of aryl methyl sites for hydroxylation is 2. The number of methoxy groups -OCH3 is 1. The quantitative estimate of drug-likeness (QED) is 0.305. The second kappa shape index (κ2) is 12.3. The van der Waals surface area contributed by atoms with Crippen LogP contribution in [0, 0.1) is 17.8 Å². The Kier molecular flexibility index (Phi) is 8.57. The van der Waals surface area contributed by atoms with E-state index in [1.165, 1.54) is 13.2 Å². The number of aromatic hydroxyl groups is 2. The number of hydrogen-bond acceptors (Lipinski definition) is 10. The monoisotopic (exact) mass is 563 g/mol. The van der Waals surface area contributed by atoms with Crippen LogP contribution in [0.2, 0.25) is 0 Å². The van der Waals surface area contributed by atoms with Crippen molar-refractivity contribution >= 4 is 11.7 Å². The highest BCUT2D eigenvalue weighted by Gasteiger charge is 2.35. The van der Waals surface area contributed by atoms with E-state index in [1.807, 2.05) is 6.07 Å². The normalized spacial score (nSPS) is 24.6. The first-order valence-corrected chi connectivity index (χ1v) is 14.1. The van der Waals surface area contributed by atoms with Gasteiger partial charge in [0.05, 0.1) is 18.8 Å². The van der Waals surface area contributed by atoms with Crippen molar-refractivity contribution in [2.75, 3.05) is 13.7 Å². The lowest BCUT2D eigenvalue weighted by Gasteiger charge is -2.35. The van der Waals surface area contributed by atoms with Crippen LogP contribution in [-0.2, 0) is 30.5 Å². The van der Waals surface area contributed by atoms with Gasteiger partial charge in [-0.25, -0.2) is 0 Å². The van der Waals surface area contributed by atoms with Crippen molar-refractivity contribution in [3.8, 4) is 34.8 Å². The smallest absolute Gasteiger partial charge is 0.200 e. The molecule has 0 aromatic heterocycles. The minimum Gasteiger partial charge on any atom is -0.504 e. The fourth-order valence-electron chi connectivity index (χ4n) is 5.95. The van der Waals surface area contributed by atoms with E-state index in [0.717, 1.165) is 23.1 Å². The third kappa shape index (κ3) is 6.37. The van der Waals surface area contributed by atoms with Crippen molar-refractivity contribution in [2.45, 2.75) is 76.2 Å². The van der Waals surface area contributed by atoms with E-state index in [-0.39, 0.29) is 60.0 Å². The Hall–Kier alpha value is -3.94. The first kappa shape index (κ1) is 28.6. The number of ether oxygens (including phenoxy) is 2. The Balaban J connectivity index is 1.50. The van der Waals surface area contributed by atoms with Crippen molar-refractivity contribution in [1.82, 2.24) is 5.32 Å². The molecule has 2 aliphatic heterocycles. The number of Topliss-reactive ketones (excluding diaryl/α,β-unsaturated/α-hetero) is 1. The van der Waals surface area contributed by atoms with Gasteiger partial charge in [0.15, 0.2) is 29.0 Å². The molecule has 3 aliphatic rings. The first-order valence-electron chi connectivity index (χ1n) is 14.1. The molecule has 0 saturated carbocycles. The number of carbonyl (C=O) groups excluding carboxylic acids is 1. The summed E-state index contributed by atoms with van der Waals surface area (Å²) >= 11 is 0.